The highest BCUT2D eigenvalue weighted by Crippen LogP contribution is 2.21. The van der Waals surface area contributed by atoms with Gasteiger partial charge in [-0.3, -0.25) is 14.8 Å². The molecule has 1 aliphatic heterocycles. The normalized spacial score (nSPS) is 18.6. The van der Waals surface area contributed by atoms with Crippen molar-refractivity contribution in [2.75, 3.05) is 20.1 Å². The van der Waals surface area contributed by atoms with Gasteiger partial charge in [0.25, 0.3) is 5.91 Å². The molecule has 0 spiro atoms. The van der Waals surface area contributed by atoms with Gasteiger partial charge in [0, 0.05) is 37.1 Å². The Labute approximate surface area is 118 Å². The second-order valence-electron chi connectivity index (χ2n) is 5.11. The molecule has 104 valence electrons. The van der Waals surface area contributed by atoms with Gasteiger partial charge < -0.3 is 10.2 Å². The lowest BCUT2D eigenvalue weighted by atomic mass is 10.1. The molecule has 1 amide bonds. The van der Waals surface area contributed by atoms with E-state index in [1.807, 2.05) is 30.1 Å². The van der Waals surface area contributed by atoms with Gasteiger partial charge in [-0.2, -0.15) is 0 Å². The van der Waals surface area contributed by atoms with Crippen LogP contribution in [0, 0.1) is 0 Å². The molecule has 3 rings (SSSR count). The molecule has 20 heavy (non-hydrogen) atoms. The molecule has 1 N–H and O–H groups in total. The summed E-state index contributed by atoms with van der Waals surface area (Å²) < 4.78 is 0. The largest absolute Gasteiger partial charge is 0.334 e. The van der Waals surface area contributed by atoms with E-state index in [9.17, 15) is 4.79 Å². The first-order valence-corrected chi connectivity index (χ1v) is 6.96. The van der Waals surface area contributed by atoms with Crippen LogP contribution in [0.25, 0.3) is 11.0 Å². The number of carbonyl (C=O) groups excluding carboxylic acids is 1. The van der Waals surface area contributed by atoms with E-state index in [0.717, 1.165) is 37.0 Å². The molecule has 1 aromatic carbocycles. The zero-order valence-corrected chi connectivity index (χ0v) is 11.5. The molecule has 5 heteroatoms. The van der Waals surface area contributed by atoms with Gasteiger partial charge >= 0.3 is 0 Å². The van der Waals surface area contributed by atoms with Crippen molar-refractivity contribution in [1.82, 2.24) is 20.2 Å². The third-order valence-corrected chi connectivity index (χ3v) is 3.79. The fraction of sp³-hybridized carbons (Fsp3) is 0.400. The van der Waals surface area contributed by atoms with E-state index in [-0.39, 0.29) is 5.91 Å². The van der Waals surface area contributed by atoms with E-state index in [1.165, 1.54) is 0 Å². The molecule has 0 bridgehead atoms. The number of likely N-dealkylation sites (N-methyl/N-ethyl adjacent to an activating group) is 1. The molecule has 0 saturated carbocycles. The first-order chi connectivity index (χ1) is 9.79. The second kappa shape index (κ2) is 5.54. The zero-order valence-electron chi connectivity index (χ0n) is 11.5. The van der Waals surface area contributed by atoms with Crippen molar-refractivity contribution in [1.29, 1.82) is 0 Å². The first kappa shape index (κ1) is 13.0. The van der Waals surface area contributed by atoms with Gasteiger partial charge in [-0.15, -0.1) is 0 Å². The number of nitrogens with zero attached hydrogens (tertiary/aromatic N) is 3. The maximum Gasteiger partial charge on any atom is 0.254 e. The summed E-state index contributed by atoms with van der Waals surface area (Å²) in [4.78, 5) is 23.1. The van der Waals surface area contributed by atoms with Crippen LogP contribution in [-0.2, 0) is 0 Å². The number of fused-ring (bicyclic) bond motifs is 1. The molecule has 1 saturated heterocycles. The molecule has 1 fully saturated rings. The quantitative estimate of drug-likeness (QED) is 0.917. The van der Waals surface area contributed by atoms with Gasteiger partial charge in [-0.1, -0.05) is 0 Å². The van der Waals surface area contributed by atoms with Crippen LogP contribution >= 0.6 is 0 Å². The summed E-state index contributed by atoms with van der Waals surface area (Å²) in [5.41, 5.74) is 2.28. The monoisotopic (exact) mass is 270 g/mol. The Morgan fingerprint density at radius 2 is 2.15 bits per heavy atom. The van der Waals surface area contributed by atoms with Crippen molar-refractivity contribution in [3.8, 4) is 0 Å². The van der Waals surface area contributed by atoms with Crippen molar-refractivity contribution >= 4 is 16.9 Å². The number of likely N-dealkylation sites (tertiary alicyclic amines) is 1. The lowest BCUT2D eigenvalue weighted by Gasteiger charge is -2.24. The van der Waals surface area contributed by atoms with Crippen LogP contribution in [0.15, 0.2) is 30.6 Å². The molecular formula is C15H18N4O. The van der Waals surface area contributed by atoms with Gasteiger partial charge in [-0.25, -0.2) is 0 Å². The van der Waals surface area contributed by atoms with E-state index >= 15 is 0 Å². The van der Waals surface area contributed by atoms with Gasteiger partial charge in [0.1, 0.15) is 0 Å². The third kappa shape index (κ3) is 2.36. The average molecular weight is 270 g/mol. The van der Waals surface area contributed by atoms with Gasteiger partial charge in [0.2, 0.25) is 0 Å². The Hall–Kier alpha value is -2.01. The minimum Gasteiger partial charge on any atom is -0.334 e. The summed E-state index contributed by atoms with van der Waals surface area (Å²) >= 11 is 0. The minimum atomic E-state index is 0.0929. The van der Waals surface area contributed by atoms with Crippen LogP contribution in [0.4, 0.5) is 0 Å². The topological polar surface area (TPSA) is 58.1 Å². The van der Waals surface area contributed by atoms with E-state index in [0.29, 0.717) is 11.6 Å². The molecule has 2 aromatic rings. The number of benzene rings is 1. The van der Waals surface area contributed by atoms with E-state index in [4.69, 9.17) is 0 Å². The standard InChI is InChI=1S/C15H18N4O/c1-16-10-12-3-2-8-19(12)15(20)11-4-5-13-14(9-11)18-7-6-17-13/h4-7,9,12,16H,2-3,8,10H2,1H3. The molecule has 0 aliphatic carbocycles. The maximum absolute atomic E-state index is 12.6. The summed E-state index contributed by atoms with van der Waals surface area (Å²) in [5.74, 6) is 0.0929. The predicted molar refractivity (Wildman–Crippen MR) is 77.5 cm³/mol. The van der Waals surface area contributed by atoms with E-state index < -0.39 is 0 Å². The number of hydrogen-bond donors (Lipinski definition) is 1. The predicted octanol–water partition coefficient (Wildman–Crippen LogP) is 1.45. The van der Waals surface area contributed by atoms with Crippen LogP contribution in [0.5, 0.6) is 0 Å². The van der Waals surface area contributed by atoms with Gasteiger partial charge in [0.05, 0.1) is 11.0 Å². The highest BCUT2D eigenvalue weighted by atomic mass is 16.2. The SMILES string of the molecule is CNCC1CCCN1C(=O)c1ccc2nccnc2c1. The highest BCUT2D eigenvalue weighted by Gasteiger charge is 2.28. The second-order valence-corrected chi connectivity index (χ2v) is 5.11. The number of hydrogen-bond acceptors (Lipinski definition) is 4. The Bertz CT molecular complexity index is 628. The van der Waals surface area contributed by atoms with E-state index in [1.54, 1.807) is 12.4 Å². The summed E-state index contributed by atoms with van der Waals surface area (Å²) in [6, 6.07) is 5.83. The van der Waals surface area contributed by atoms with Crippen LogP contribution in [0.1, 0.15) is 23.2 Å². The lowest BCUT2D eigenvalue weighted by molar-refractivity contribution is 0.0737. The van der Waals surface area contributed by atoms with Crippen molar-refractivity contribution < 1.29 is 4.79 Å². The average Bonchev–Trinajstić information content (AvgIpc) is 2.94. The zero-order chi connectivity index (χ0) is 13.9. The maximum atomic E-state index is 12.6. The Kier molecular flexibility index (Phi) is 3.60. The van der Waals surface area contributed by atoms with Crippen molar-refractivity contribution in [2.45, 2.75) is 18.9 Å². The lowest BCUT2D eigenvalue weighted by Crippen LogP contribution is -2.40. The molecule has 1 aliphatic rings. The summed E-state index contributed by atoms with van der Waals surface area (Å²) in [6.07, 6.45) is 5.45. The van der Waals surface area contributed by atoms with Gasteiger partial charge in [-0.05, 0) is 38.1 Å². The number of aromatic nitrogens is 2. The first-order valence-electron chi connectivity index (χ1n) is 6.96. The van der Waals surface area contributed by atoms with Crippen LogP contribution in [0.2, 0.25) is 0 Å². The molecule has 0 radical (unpaired) electrons. The van der Waals surface area contributed by atoms with Crippen molar-refractivity contribution in [2.24, 2.45) is 0 Å². The van der Waals surface area contributed by atoms with E-state index in [2.05, 4.69) is 15.3 Å². The van der Waals surface area contributed by atoms with Gasteiger partial charge in [0.15, 0.2) is 0 Å². The molecule has 1 aromatic heterocycles. The fourth-order valence-corrected chi connectivity index (χ4v) is 2.81. The van der Waals surface area contributed by atoms with Crippen molar-refractivity contribution in [3.05, 3.63) is 36.2 Å². The molecule has 1 unspecified atom stereocenters. The number of rotatable bonds is 3. The highest BCUT2D eigenvalue weighted by molar-refractivity contribution is 5.97. The Morgan fingerprint density at radius 1 is 1.35 bits per heavy atom. The number of amides is 1. The number of carbonyl (C=O) groups is 1. The molecular weight excluding hydrogens is 252 g/mol. The Balaban J connectivity index is 1.88. The third-order valence-electron chi connectivity index (χ3n) is 3.79. The molecule has 1 atom stereocenters. The summed E-state index contributed by atoms with van der Waals surface area (Å²) in [6.45, 7) is 1.68. The molecule has 2 heterocycles. The smallest absolute Gasteiger partial charge is 0.254 e. The fourth-order valence-electron chi connectivity index (χ4n) is 2.81. The van der Waals surface area contributed by atoms with Crippen LogP contribution < -0.4 is 5.32 Å². The summed E-state index contributed by atoms with van der Waals surface area (Å²) in [7, 11) is 1.92. The Morgan fingerprint density at radius 3 is 2.95 bits per heavy atom. The van der Waals surface area contributed by atoms with Crippen LogP contribution in [0.3, 0.4) is 0 Å². The minimum absolute atomic E-state index is 0.0929. The number of nitrogens with one attached hydrogen (secondary N) is 1. The van der Waals surface area contributed by atoms with Crippen molar-refractivity contribution in [3.63, 3.8) is 0 Å². The van der Waals surface area contributed by atoms with Crippen LogP contribution in [-0.4, -0.2) is 47.0 Å². The molecule has 5 nitrogen and oxygen atoms in total. The summed E-state index contributed by atoms with van der Waals surface area (Å²) in [5, 5.41) is 3.16.